The van der Waals surface area contributed by atoms with E-state index in [0.29, 0.717) is 11.0 Å². The Balaban J connectivity index is 2.38. The van der Waals surface area contributed by atoms with Crippen LogP contribution in [0.1, 0.15) is 18.1 Å². The lowest BCUT2D eigenvalue weighted by molar-refractivity contribution is -0.137. The van der Waals surface area contributed by atoms with Gasteiger partial charge in [-0.25, -0.2) is 0 Å². The number of benzene rings is 1. The van der Waals surface area contributed by atoms with E-state index in [1.54, 1.807) is 16.7 Å². The Bertz CT molecular complexity index is 858. The van der Waals surface area contributed by atoms with Crippen molar-refractivity contribution in [1.82, 2.24) is 9.38 Å². The Morgan fingerprint density at radius 1 is 1.20 bits per heavy atom. The molecule has 2 heterocycles. The summed E-state index contributed by atoms with van der Waals surface area (Å²) < 4.78 is 39.7. The van der Waals surface area contributed by atoms with Crippen LogP contribution in [0.3, 0.4) is 0 Å². The van der Waals surface area contributed by atoms with Crippen LogP contribution in [0.15, 0.2) is 35.3 Å². The van der Waals surface area contributed by atoms with Gasteiger partial charge in [-0.3, -0.25) is 4.79 Å². The molecule has 2 aromatic heterocycles. The normalized spacial score (nSPS) is 12.4. The second kappa shape index (κ2) is 4.13. The molecule has 0 aliphatic rings. The van der Waals surface area contributed by atoms with Gasteiger partial charge in [-0.2, -0.15) is 13.2 Å². The number of aromatic amines is 1. The predicted molar refractivity (Wildman–Crippen MR) is 69.9 cm³/mol. The number of aryl methyl sites for hydroxylation is 1. The molecule has 3 aromatic rings. The van der Waals surface area contributed by atoms with Gasteiger partial charge in [0.1, 0.15) is 5.52 Å². The van der Waals surface area contributed by atoms with E-state index < -0.39 is 17.3 Å². The molecule has 1 aromatic carbocycles. The third-order valence-corrected chi connectivity index (χ3v) is 3.35. The van der Waals surface area contributed by atoms with Gasteiger partial charge < -0.3 is 9.38 Å². The van der Waals surface area contributed by atoms with Crippen molar-refractivity contribution >= 4 is 16.6 Å². The van der Waals surface area contributed by atoms with Crippen LogP contribution in [0.5, 0.6) is 0 Å². The molecule has 0 radical (unpaired) electrons. The molecule has 3 rings (SSSR count). The molecule has 0 spiro atoms. The first-order valence-corrected chi connectivity index (χ1v) is 6.14. The minimum atomic E-state index is -4.43. The van der Waals surface area contributed by atoms with Crippen molar-refractivity contribution in [3.8, 4) is 0 Å². The molecule has 104 valence electrons. The maximum Gasteiger partial charge on any atom is 0.416 e. The summed E-state index contributed by atoms with van der Waals surface area (Å²) in [5.74, 6) is 0. The van der Waals surface area contributed by atoms with Crippen molar-refractivity contribution in [2.45, 2.75) is 19.5 Å². The number of rotatable bonds is 1. The van der Waals surface area contributed by atoms with E-state index in [1.165, 1.54) is 6.07 Å². The molecule has 0 atom stereocenters. The molecule has 0 saturated carbocycles. The highest BCUT2D eigenvalue weighted by Crippen LogP contribution is 2.30. The molecule has 20 heavy (non-hydrogen) atoms. The number of hydrogen-bond acceptors (Lipinski definition) is 1. The zero-order valence-electron chi connectivity index (χ0n) is 10.6. The molecule has 0 amide bonds. The first-order chi connectivity index (χ1) is 9.40. The average molecular weight is 280 g/mol. The highest BCUT2D eigenvalue weighted by atomic mass is 19.4. The van der Waals surface area contributed by atoms with E-state index in [4.69, 9.17) is 0 Å². The van der Waals surface area contributed by atoms with E-state index in [9.17, 15) is 18.0 Å². The quantitative estimate of drug-likeness (QED) is 0.729. The molecule has 1 N–H and O–H groups in total. The van der Waals surface area contributed by atoms with Crippen LogP contribution in [-0.2, 0) is 12.6 Å². The van der Waals surface area contributed by atoms with E-state index >= 15 is 0 Å². The topological polar surface area (TPSA) is 37.3 Å². The van der Waals surface area contributed by atoms with E-state index in [1.807, 2.05) is 6.92 Å². The molecule has 3 nitrogen and oxygen atoms in total. The average Bonchev–Trinajstić information content (AvgIpc) is 2.82. The first-order valence-electron chi connectivity index (χ1n) is 6.14. The maximum atomic E-state index is 12.7. The number of halogens is 3. The SMILES string of the molecule is CCc1cc2c(=O)[nH]c3cc(C(F)(F)F)ccc3n2c1. The number of aromatic nitrogens is 2. The highest BCUT2D eigenvalue weighted by molar-refractivity contribution is 5.79. The molecular weight excluding hydrogens is 269 g/mol. The molecule has 6 heteroatoms. The van der Waals surface area contributed by atoms with Crippen LogP contribution in [0.2, 0.25) is 0 Å². The smallest absolute Gasteiger partial charge is 0.319 e. The molecule has 0 aliphatic heterocycles. The van der Waals surface area contributed by atoms with Crippen LogP contribution in [0.4, 0.5) is 13.2 Å². The minimum absolute atomic E-state index is 0.176. The van der Waals surface area contributed by atoms with Gasteiger partial charge in [-0.1, -0.05) is 6.92 Å². The Kier molecular flexibility index (Phi) is 2.64. The number of H-pyrrole nitrogens is 1. The summed E-state index contributed by atoms with van der Waals surface area (Å²) >= 11 is 0. The molecule has 0 bridgehead atoms. The van der Waals surface area contributed by atoms with Crippen LogP contribution in [0, 0.1) is 0 Å². The van der Waals surface area contributed by atoms with Crippen LogP contribution < -0.4 is 5.56 Å². The molecule has 0 unspecified atom stereocenters. The fourth-order valence-electron chi connectivity index (χ4n) is 2.29. The standard InChI is InChI=1S/C14H11F3N2O/c1-2-8-5-12-13(20)18-10-6-9(14(15,16)17)3-4-11(10)19(12)7-8/h3-7H,2H2,1H3,(H,18,20). The monoisotopic (exact) mass is 280 g/mol. The lowest BCUT2D eigenvalue weighted by Gasteiger charge is -2.08. The minimum Gasteiger partial charge on any atom is -0.319 e. The lowest BCUT2D eigenvalue weighted by atomic mass is 10.2. The van der Waals surface area contributed by atoms with E-state index in [-0.39, 0.29) is 5.52 Å². The van der Waals surface area contributed by atoms with Gasteiger partial charge in [0.25, 0.3) is 5.56 Å². The zero-order chi connectivity index (χ0) is 14.5. The fourth-order valence-corrected chi connectivity index (χ4v) is 2.29. The largest absolute Gasteiger partial charge is 0.416 e. The van der Waals surface area contributed by atoms with Gasteiger partial charge in [0.2, 0.25) is 0 Å². The molecule has 0 fully saturated rings. The lowest BCUT2D eigenvalue weighted by Crippen LogP contribution is -2.11. The highest BCUT2D eigenvalue weighted by Gasteiger charge is 2.30. The predicted octanol–water partition coefficient (Wildman–Crippen LogP) is 3.36. The van der Waals surface area contributed by atoms with Crippen LogP contribution in [-0.4, -0.2) is 9.38 Å². The summed E-state index contributed by atoms with van der Waals surface area (Å²) in [4.78, 5) is 14.4. The van der Waals surface area contributed by atoms with Crippen LogP contribution in [0.25, 0.3) is 16.6 Å². The molecular formula is C14H11F3N2O. The fraction of sp³-hybridized carbons (Fsp3) is 0.214. The summed E-state index contributed by atoms with van der Waals surface area (Å²) in [6.07, 6.45) is -1.89. The maximum absolute atomic E-state index is 12.7. The van der Waals surface area contributed by atoms with Crippen molar-refractivity contribution in [2.75, 3.05) is 0 Å². The Morgan fingerprint density at radius 3 is 2.60 bits per heavy atom. The summed E-state index contributed by atoms with van der Waals surface area (Å²) in [7, 11) is 0. The third-order valence-electron chi connectivity index (χ3n) is 3.35. The second-order valence-electron chi connectivity index (χ2n) is 4.64. The summed E-state index contributed by atoms with van der Waals surface area (Å²) in [6.45, 7) is 1.95. The molecule has 0 saturated heterocycles. The van der Waals surface area contributed by atoms with Crippen molar-refractivity contribution in [2.24, 2.45) is 0 Å². The number of nitrogens with one attached hydrogen (secondary N) is 1. The number of fused-ring (bicyclic) bond motifs is 3. The summed E-state index contributed by atoms with van der Waals surface area (Å²) in [6, 6.07) is 5.10. The number of hydrogen-bond donors (Lipinski definition) is 1. The Hall–Kier alpha value is -2.24. The van der Waals surface area contributed by atoms with Gasteiger partial charge in [0.15, 0.2) is 0 Å². The Morgan fingerprint density at radius 2 is 1.95 bits per heavy atom. The van der Waals surface area contributed by atoms with E-state index in [2.05, 4.69) is 4.98 Å². The van der Waals surface area contributed by atoms with Gasteiger partial charge in [0, 0.05) is 6.20 Å². The second-order valence-corrected chi connectivity index (χ2v) is 4.64. The van der Waals surface area contributed by atoms with Crippen molar-refractivity contribution < 1.29 is 13.2 Å². The van der Waals surface area contributed by atoms with Crippen molar-refractivity contribution in [3.05, 3.63) is 51.9 Å². The van der Waals surface area contributed by atoms with Crippen molar-refractivity contribution in [1.29, 1.82) is 0 Å². The Labute approximate surface area is 111 Å². The summed E-state index contributed by atoms with van der Waals surface area (Å²) in [5, 5.41) is 0. The van der Waals surface area contributed by atoms with Crippen LogP contribution >= 0.6 is 0 Å². The van der Waals surface area contributed by atoms with E-state index in [0.717, 1.165) is 24.1 Å². The first kappa shape index (κ1) is 12.8. The third kappa shape index (κ3) is 1.88. The molecule has 0 aliphatic carbocycles. The van der Waals surface area contributed by atoms with Gasteiger partial charge in [-0.05, 0) is 36.2 Å². The van der Waals surface area contributed by atoms with Crippen molar-refractivity contribution in [3.63, 3.8) is 0 Å². The summed E-state index contributed by atoms with van der Waals surface area (Å²) in [5.41, 5.74) is 0.958. The van der Waals surface area contributed by atoms with Gasteiger partial charge >= 0.3 is 6.18 Å². The number of alkyl halides is 3. The van der Waals surface area contributed by atoms with Gasteiger partial charge in [0.05, 0.1) is 16.6 Å². The number of nitrogens with zero attached hydrogens (tertiary/aromatic N) is 1. The van der Waals surface area contributed by atoms with Gasteiger partial charge in [-0.15, -0.1) is 0 Å². The zero-order valence-corrected chi connectivity index (χ0v) is 10.6.